The van der Waals surface area contributed by atoms with Crippen molar-refractivity contribution in [2.24, 2.45) is 0 Å². The van der Waals surface area contributed by atoms with Crippen LogP contribution in [0.3, 0.4) is 0 Å². The monoisotopic (exact) mass is 343 g/mol. The summed E-state index contributed by atoms with van der Waals surface area (Å²) < 4.78 is 31.2. The number of hydrogen-bond donors (Lipinski definition) is 1. The predicted octanol–water partition coefficient (Wildman–Crippen LogP) is 1.50. The van der Waals surface area contributed by atoms with Crippen LogP contribution in [0.5, 0.6) is 0 Å². The van der Waals surface area contributed by atoms with E-state index < -0.39 is 16.1 Å². The van der Waals surface area contributed by atoms with Crippen LogP contribution in [0.25, 0.3) is 0 Å². The van der Waals surface area contributed by atoms with Gasteiger partial charge in [0.1, 0.15) is 11.8 Å². The molecule has 0 spiro atoms. The maximum Gasteiger partial charge on any atom is 0.238 e. The zero-order valence-electron chi connectivity index (χ0n) is 14.0. The largest absolute Gasteiger partial charge is 0.361 e. The zero-order valence-corrected chi connectivity index (χ0v) is 14.8. The predicted molar refractivity (Wildman–Crippen MR) is 86.2 cm³/mol. The molecular weight excluding hydrogens is 318 g/mol. The van der Waals surface area contributed by atoms with Crippen LogP contribution in [0.2, 0.25) is 0 Å². The van der Waals surface area contributed by atoms with E-state index in [-0.39, 0.29) is 11.7 Å². The lowest BCUT2D eigenvalue weighted by Gasteiger charge is -2.23. The van der Waals surface area contributed by atoms with Crippen molar-refractivity contribution in [3.05, 3.63) is 17.0 Å². The Balaban J connectivity index is 2.01. The van der Waals surface area contributed by atoms with Gasteiger partial charge in [-0.15, -0.1) is 0 Å². The topological polar surface area (TPSA) is 92.5 Å². The van der Waals surface area contributed by atoms with Crippen LogP contribution in [-0.4, -0.2) is 42.1 Å². The normalized spacial score (nSPS) is 19.2. The molecule has 0 aliphatic carbocycles. The minimum absolute atomic E-state index is 0.108. The standard InChI is InChI=1S/C15H25N3O4S/c1-4-5-9-23(20,21)18-8-6-7-14(18)15(19)16-10-13-11(2)17-22-12(13)3/h14H,4-10H2,1-3H3,(H,16,19). The molecule has 1 aromatic heterocycles. The van der Waals surface area contributed by atoms with Crippen molar-refractivity contribution in [1.82, 2.24) is 14.8 Å². The highest BCUT2D eigenvalue weighted by Crippen LogP contribution is 2.22. The van der Waals surface area contributed by atoms with E-state index in [0.29, 0.717) is 31.7 Å². The zero-order chi connectivity index (χ0) is 17.0. The fraction of sp³-hybridized carbons (Fsp3) is 0.733. The third-order valence-corrected chi connectivity index (χ3v) is 6.20. The van der Waals surface area contributed by atoms with Gasteiger partial charge in [0.2, 0.25) is 15.9 Å². The van der Waals surface area contributed by atoms with Gasteiger partial charge < -0.3 is 9.84 Å². The third-order valence-electron chi connectivity index (χ3n) is 4.24. The van der Waals surface area contributed by atoms with Gasteiger partial charge in [0.25, 0.3) is 0 Å². The number of nitrogens with one attached hydrogen (secondary N) is 1. The summed E-state index contributed by atoms with van der Waals surface area (Å²) in [5.74, 6) is 0.529. The number of sulfonamides is 1. The van der Waals surface area contributed by atoms with E-state index in [2.05, 4.69) is 10.5 Å². The smallest absolute Gasteiger partial charge is 0.238 e. The van der Waals surface area contributed by atoms with Crippen molar-refractivity contribution in [2.45, 2.75) is 59.0 Å². The summed E-state index contributed by atoms with van der Waals surface area (Å²) >= 11 is 0. The second kappa shape index (κ2) is 7.44. The lowest BCUT2D eigenvalue weighted by molar-refractivity contribution is -0.124. The first kappa shape index (κ1) is 17.9. The summed E-state index contributed by atoms with van der Waals surface area (Å²) in [4.78, 5) is 12.4. The highest BCUT2D eigenvalue weighted by Gasteiger charge is 2.38. The molecule has 2 heterocycles. The van der Waals surface area contributed by atoms with E-state index in [1.807, 2.05) is 13.8 Å². The minimum Gasteiger partial charge on any atom is -0.361 e. The molecule has 0 aromatic carbocycles. The average Bonchev–Trinajstić information content (AvgIpc) is 3.11. The first-order valence-corrected chi connectivity index (χ1v) is 9.66. The van der Waals surface area contributed by atoms with Gasteiger partial charge >= 0.3 is 0 Å². The maximum atomic E-state index is 12.4. The molecule has 0 radical (unpaired) electrons. The number of hydrogen-bond acceptors (Lipinski definition) is 5. The molecule has 1 aliphatic heterocycles. The van der Waals surface area contributed by atoms with Crippen molar-refractivity contribution in [3.63, 3.8) is 0 Å². The molecule has 2 rings (SSSR count). The van der Waals surface area contributed by atoms with Crippen LogP contribution in [0.1, 0.15) is 49.6 Å². The molecule has 23 heavy (non-hydrogen) atoms. The van der Waals surface area contributed by atoms with Gasteiger partial charge in [-0.3, -0.25) is 4.79 Å². The molecule has 1 unspecified atom stereocenters. The summed E-state index contributed by atoms with van der Waals surface area (Å²) in [7, 11) is -3.36. The molecule has 130 valence electrons. The van der Waals surface area contributed by atoms with E-state index in [1.165, 1.54) is 4.31 Å². The Bertz CT molecular complexity index is 634. The number of unbranched alkanes of at least 4 members (excludes halogenated alkanes) is 1. The number of carbonyl (C=O) groups is 1. The highest BCUT2D eigenvalue weighted by molar-refractivity contribution is 7.89. The van der Waals surface area contributed by atoms with Gasteiger partial charge in [0.05, 0.1) is 11.4 Å². The fourth-order valence-electron chi connectivity index (χ4n) is 2.83. The first-order chi connectivity index (χ1) is 10.9. The summed E-state index contributed by atoms with van der Waals surface area (Å²) in [6, 6.07) is -0.600. The van der Waals surface area contributed by atoms with Crippen LogP contribution in [0, 0.1) is 13.8 Å². The minimum atomic E-state index is -3.36. The SMILES string of the molecule is CCCCS(=O)(=O)N1CCCC1C(=O)NCc1c(C)noc1C. The fourth-order valence-corrected chi connectivity index (χ4v) is 4.71. The number of rotatable bonds is 7. The van der Waals surface area contributed by atoms with E-state index in [1.54, 1.807) is 6.92 Å². The Kier molecular flexibility index (Phi) is 5.80. The van der Waals surface area contributed by atoms with Gasteiger partial charge in [-0.05, 0) is 33.1 Å². The number of aromatic nitrogens is 1. The molecule has 8 heteroatoms. The van der Waals surface area contributed by atoms with Crippen molar-refractivity contribution in [3.8, 4) is 0 Å². The number of amides is 1. The van der Waals surface area contributed by atoms with Gasteiger partial charge in [-0.25, -0.2) is 8.42 Å². The Morgan fingerprint density at radius 1 is 1.43 bits per heavy atom. The summed E-state index contributed by atoms with van der Waals surface area (Å²) in [6.07, 6.45) is 2.72. The van der Waals surface area contributed by atoms with Crippen LogP contribution >= 0.6 is 0 Å². The number of aryl methyl sites for hydroxylation is 2. The highest BCUT2D eigenvalue weighted by atomic mass is 32.2. The van der Waals surface area contributed by atoms with Crippen molar-refractivity contribution >= 4 is 15.9 Å². The van der Waals surface area contributed by atoms with E-state index in [9.17, 15) is 13.2 Å². The van der Waals surface area contributed by atoms with E-state index in [4.69, 9.17) is 4.52 Å². The molecular formula is C15H25N3O4S. The van der Waals surface area contributed by atoms with Crippen molar-refractivity contribution in [2.75, 3.05) is 12.3 Å². The van der Waals surface area contributed by atoms with Crippen molar-refractivity contribution < 1.29 is 17.7 Å². The Morgan fingerprint density at radius 2 is 2.17 bits per heavy atom. The number of carbonyl (C=O) groups excluding carboxylic acids is 1. The third kappa shape index (κ3) is 4.11. The molecule has 0 bridgehead atoms. The van der Waals surface area contributed by atoms with Crippen LogP contribution in [-0.2, 0) is 21.4 Å². The van der Waals surface area contributed by atoms with E-state index >= 15 is 0 Å². The summed E-state index contributed by atoms with van der Waals surface area (Å²) in [5, 5.41) is 6.67. The lowest BCUT2D eigenvalue weighted by Crippen LogP contribution is -2.46. The second-order valence-electron chi connectivity index (χ2n) is 5.96. The Labute approximate surface area is 137 Å². The van der Waals surface area contributed by atoms with Crippen molar-refractivity contribution in [1.29, 1.82) is 0 Å². The summed E-state index contributed by atoms with van der Waals surface area (Å²) in [5.41, 5.74) is 1.58. The van der Waals surface area contributed by atoms with Gasteiger partial charge in [-0.1, -0.05) is 18.5 Å². The van der Waals surface area contributed by atoms with Crippen LogP contribution in [0.4, 0.5) is 0 Å². The summed E-state index contributed by atoms with van der Waals surface area (Å²) in [6.45, 7) is 6.29. The van der Waals surface area contributed by atoms with Gasteiger partial charge in [0.15, 0.2) is 0 Å². The maximum absolute atomic E-state index is 12.4. The van der Waals surface area contributed by atoms with Crippen LogP contribution in [0.15, 0.2) is 4.52 Å². The quantitative estimate of drug-likeness (QED) is 0.810. The molecule has 1 aliphatic rings. The molecule has 7 nitrogen and oxygen atoms in total. The molecule has 0 saturated carbocycles. The molecule has 1 atom stereocenters. The van der Waals surface area contributed by atoms with Crippen LogP contribution < -0.4 is 5.32 Å². The average molecular weight is 343 g/mol. The first-order valence-electron chi connectivity index (χ1n) is 8.05. The molecule has 1 saturated heterocycles. The Hall–Kier alpha value is -1.41. The van der Waals surface area contributed by atoms with Gasteiger partial charge in [-0.2, -0.15) is 4.31 Å². The van der Waals surface area contributed by atoms with Gasteiger partial charge in [0, 0.05) is 18.7 Å². The molecule has 1 aromatic rings. The molecule has 1 fully saturated rings. The van der Waals surface area contributed by atoms with E-state index in [0.717, 1.165) is 24.1 Å². The molecule has 1 N–H and O–H groups in total. The lowest BCUT2D eigenvalue weighted by atomic mass is 10.2. The number of nitrogens with zero attached hydrogens (tertiary/aromatic N) is 2. The Morgan fingerprint density at radius 3 is 2.78 bits per heavy atom. The second-order valence-corrected chi connectivity index (χ2v) is 8.00. The molecule has 1 amide bonds.